The van der Waals surface area contributed by atoms with Gasteiger partial charge in [-0.25, -0.2) is 24.8 Å². The Hall–Kier alpha value is -3.54. The summed E-state index contributed by atoms with van der Waals surface area (Å²) in [7, 11) is -3.50. The molecule has 0 radical (unpaired) electrons. The van der Waals surface area contributed by atoms with Gasteiger partial charge in [0.05, 0.1) is 37.3 Å². The molecule has 0 aliphatic carbocycles. The number of hydrogen-bond acceptors (Lipinski definition) is 11. The van der Waals surface area contributed by atoms with Crippen molar-refractivity contribution in [2.75, 3.05) is 25.0 Å². The van der Waals surface area contributed by atoms with Crippen molar-refractivity contribution in [1.82, 2.24) is 24.6 Å². The molecule has 0 unspecified atom stereocenters. The number of fused-ring (bicyclic) bond motifs is 1. The van der Waals surface area contributed by atoms with Gasteiger partial charge in [-0.1, -0.05) is 0 Å². The summed E-state index contributed by atoms with van der Waals surface area (Å²) in [5, 5.41) is 2.94. The largest absolute Gasteiger partial charge is 0.484 e. The molecule has 2 atom stereocenters. The van der Waals surface area contributed by atoms with Gasteiger partial charge in [-0.3, -0.25) is 4.79 Å². The Bertz CT molecular complexity index is 1360. The Morgan fingerprint density at radius 1 is 1.10 bits per heavy atom. The summed E-state index contributed by atoms with van der Waals surface area (Å²) >= 11 is 0. The van der Waals surface area contributed by atoms with Crippen LogP contribution in [0.25, 0.3) is 11.2 Å². The number of nitrogens with one attached hydrogen (secondary N) is 1. The molecule has 0 bridgehead atoms. The molecule has 1 aromatic carbocycles. The fraction of sp³-hybridized carbons (Fsp3) is 0.500. The number of anilines is 1. The van der Waals surface area contributed by atoms with Crippen LogP contribution in [-0.4, -0.2) is 68.5 Å². The molecule has 0 spiro atoms. The molecule has 0 saturated heterocycles. The van der Waals surface area contributed by atoms with E-state index in [1.54, 1.807) is 69.8 Å². The molecule has 2 aromatic heterocycles. The summed E-state index contributed by atoms with van der Waals surface area (Å²) in [5.74, 6) is -0.354. The van der Waals surface area contributed by atoms with E-state index in [2.05, 4.69) is 20.0 Å². The van der Waals surface area contributed by atoms with E-state index < -0.39 is 30.9 Å². The number of ether oxygens (including phenoxy) is 4. The van der Waals surface area contributed by atoms with Gasteiger partial charge in [0.2, 0.25) is 7.29 Å². The number of benzene rings is 1. The first-order chi connectivity index (χ1) is 18.8. The van der Waals surface area contributed by atoms with E-state index in [1.807, 2.05) is 6.92 Å². The lowest BCUT2D eigenvalue weighted by atomic mass is 10.1. The minimum absolute atomic E-state index is 0.239. The maximum Gasteiger partial charge on any atom is 0.338 e. The normalized spacial score (nSPS) is 14.1. The zero-order valence-electron chi connectivity index (χ0n) is 23.6. The number of imidazole rings is 1. The smallest absolute Gasteiger partial charge is 0.338 e. The minimum atomic E-state index is -3.50. The van der Waals surface area contributed by atoms with E-state index in [0.29, 0.717) is 29.0 Å². The predicted molar refractivity (Wildman–Crippen MR) is 149 cm³/mol. The highest BCUT2D eigenvalue weighted by molar-refractivity contribution is 7.61. The summed E-state index contributed by atoms with van der Waals surface area (Å²) in [6, 6.07) is 6.27. The molecule has 3 rings (SSSR count). The van der Waals surface area contributed by atoms with Crippen LogP contribution in [0.1, 0.15) is 51.9 Å². The zero-order chi connectivity index (χ0) is 29.5. The van der Waals surface area contributed by atoms with E-state index in [9.17, 15) is 14.2 Å². The molecule has 40 heavy (non-hydrogen) atoms. The molecule has 0 saturated carbocycles. The van der Waals surface area contributed by atoms with Crippen molar-refractivity contribution in [3.8, 4) is 5.75 Å². The van der Waals surface area contributed by atoms with Crippen molar-refractivity contribution < 1.29 is 33.1 Å². The van der Waals surface area contributed by atoms with Crippen LogP contribution in [0, 0.1) is 0 Å². The maximum absolute atomic E-state index is 14.1. The van der Waals surface area contributed by atoms with E-state index in [4.69, 9.17) is 24.7 Å². The number of nitrogen functional groups attached to an aromatic ring is 1. The second kappa shape index (κ2) is 13.2. The molecule has 3 aromatic rings. The summed E-state index contributed by atoms with van der Waals surface area (Å²) < 4.78 is 38.0. The number of nitrogens with zero attached hydrogens (tertiary/aromatic N) is 4. The molecular formula is C26H37N6O7P. The van der Waals surface area contributed by atoms with Crippen LogP contribution in [0.4, 0.5) is 5.82 Å². The summed E-state index contributed by atoms with van der Waals surface area (Å²) in [6.45, 7) is 10.8. The number of nitrogens with two attached hydrogens (primary N) is 1. The molecule has 14 heteroatoms. The highest BCUT2D eigenvalue weighted by atomic mass is 31.2. The lowest BCUT2D eigenvalue weighted by Crippen LogP contribution is -2.48. The first-order valence-corrected chi connectivity index (χ1v) is 14.9. The number of rotatable bonds is 14. The van der Waals surface area contributed by atoms with Gasteiger partial charge in [0.1, 0.15) is 29.5 Å². The van der Waals surface area contributed by atoms with Crippen LogP contribution >= 0.6 is 7.29 Å². The second-order valence-corrected chi connectivity index (χ2v) is 12.6. The van der Waals surface area contributed by atoms with Crippen molar-refractivity contribution in [2.24, 2.45) is 0 Å². The molecule has 218 valence electrons. The van der Waals surface area contributed by atoms with Gasteiger partial charge < -0.3 is 33.8 Å². The van der Waals surface area contributed by atoms with Gasteiger partial charge in [0.25, 0.3) is 0 Å². The zero-order valence-corrected chi connectivity index (χ0v) is 24.5. The van der Waals surface area contributed by atoms with Crippen molar-refractivity contribution >= 4 is 36.2 Å². The van der Waals surface area contributed by atoms with Gasteiger partial charge in [0, 0.05) is 0 Å². The lowest BCUT2D eigenvalue weighted by molar-refractivity contribution is -0.153. The van der Waals surface area contributed by atoms with Gasteiger partial charge in [-0.15, -0.1) is 0 Å². The van der Waals surface area contributed by atoms with Crippen molar-refractivity contribution in [3.63, 3.8) is 0 Å². The molecule has 0 aliphatic rings. The van der Waals surface area contributed by atoms with Crippen LogP contribution in [0.3, 0.4) is 0 Å². The second-order valence-electron chi connectivity index (χ2n) is 10.0. The van der Waals surface area contributed by atoms with Gasteiger partial charge in [-0.2, -0.15) is 0 Å². The Morgan fingerprint density at radius 2 is 1.80 bits per heavy atom. The van der Waals surface area contributed by atoms with Gasteiger partial charge >= 0.3 is 11.9 Å². The average molecular weight is 577 g/mol. The third kappa shape index (κ3) is 8.23. The summed E-state index contributed by atoms with van der Waals surface area (Å²) in [5.41, 5.74) is 5.97. The summed E-state index contributed by atoms with van der Waals surface area (Å²) in [4.78, 5) is 37.1. The van der Waals surface area contributed by atoms with Crippen molar-refractivity contribution in [1.29, 1.82) is 0 Å². The number of aromatic nitrogens is 4. The lowest BCUT2D eigenvalue weighted by Gasteiger charge is -2.31. The van der Waals surface area contributed by atoms with E-state index in [-0.39, 0.29) is 31.2 Å². The maximum atomic E-state index is 14.1. The molecule has 0 aliphatic heterocycles. The molecule has 3 N–H and O–H groups in total. The number of hydrogen-bond donors (Lipinski definition) is 2. The highest BCUT2D eigenvalue weighted by Crippen LogP contribution is 2.44. The van der Waals surface area contributed by atoms with Crippen LogP contribution in [-0.2, 0) is 30.1 Å². The Balaban J connectivity index is 1.73. The first-order valence-electron chi connectivity index (χ1n) is 12.8. The number of carbonyl (C=O) groups is 2. The fourth-order valence-corrected chi connectivity index (χ4v) is 5.88. The number of esters is 2. The molecule has 13 nitrogen and oxygen atoms in total. The van der Waals surface area contributed by atoms with Crippen LogP contribution in [0.2, 0.25) is 0 Å². The standard InChI is InChI=1S/C26H37N6O7P/c1-7-36-24(33)19-8-10-20(11-9-19)38-16-40(35,31-26(5,6)25(34)39-17(2)3)15-37-18(4)12-32-14-30-21-22(27)28-13-29-23(21)32/h8-11,13-14,17-18H,7,12,15-16H2,1-6H3,(H,31,35)(H2,27,28,29)/t18-,40+/m1/s1. The predicted octanol–water partition coefficient (Wildman–Crippen LogP) is 3.58. The first kappa shape index (κ1) is 31.0. The quantitative estimate of drug-likeness (QED) is 0.212. The van der Waals surface area contributed by atoms with Crippen LogP contribution in [0.5, 0.6) is 5.75 Å². The molecule has 2 heterocycles. The third-order valence-electron chi connectivity index (χ3n) is 5.59. The van der Waals surface area contributed by atoms with Gasteiger partial charge in [-0.05, 0) is 65.8 Å². The SMILES string of the molecule is CCOC(=O)c1ccc(OC[P@@](=O)(CO[C@H](C)Cn2cnc3c(N)ncnc32)NC(C)(C)C(=O)OC(C)C)cc1. The van der Waals surface area contributed by atoms with Crippen LogP contribution < -0.4 is 15.6 Å². The van der Waals surface area contributed by atoms with Crippen molar-refractivity contribution in [2.45, 2.75) is 65.8 Å². The third-order valence-corrected chi connectivity index (χ3v) is 7.67. The Kier molecular flexibility index (Phi) is 10.2. The van der Waals surface area contributed by atoms with E-state index in [0.717, 1.165) is 0 Å². The van der Waals surface area contributed by atoms with Crippen LogP contribution in [0.15, 0.2) is 36.9 Å². The van der Waals surface area contributed by atoms with E-state index >= 15 is 0 Å². The van der Waals surface area contributed by atoms with E-state index in [1.165, 1.54) is 6.33 Å². The van der Waals surface area contributed by atoms with Gasteiger partial charge in [0.15, 0.2) is 17.8 Å². The molecule has 0 amide bonds. The average Bonchev–Trinajstić information content (AvgIpc) is 3.30. The molecular weight excluding hydrogens is 539 g/mol. The minimum Gasteiger partial charge on any atom is -0.484 e. The Labute approximate surface area is 233 Å². The molecule has 0 fully saturated rings. The topological polar surface area (TPSA) is 170 Å². The number of carbonyl (C=O) groups excluding carboxylic acids is 2. The Morgan fingerprint density at radius 3 is 2.45 bits per heavy atom. The summed E-state index contributed by atoms with van der Waals surface area (Å²) in [6.07, 6.45) is 1.65. The monoisotopic (exact) mass is 576 g/mol. The highest BCUT2D eigenvalue weighted by Gasteiger charge is 2.38. The van der Waals surface area contributed by atoms with Crippen molar-refractivity contribution in [3.05, 3.63) is 42.5 Å². The fourth-order valence-electron chi connectivity index (χ4n) is 3.71.